The zero-order chi connectivity index (χ0) is 23.6. The summed E-state index contributed by atoms with van der Waals surface area (Å²) in [5, 5.41) is 3.28. The zero-order valence-electron chi connectivity index (χ0n) is 17.6. The SMILES string of the molecule is C[C@@H](OC(=O)c1cc2ccc(F)cc2s1)C(=O)Nc1cccc(S(=O)(=O)N2CCOCC2)c1. The fraction of sp³-hybridized carbons (Fsp3) is 0.273. The van der Waals surface area contributed by atoms with E-state index in [4.69, 9.17) is 9.47 Å². The smallest absolute Gasteiger partial charge is 0.349 e. The van der Waals surface area contributed by atoms with Crippen molar-refractivity contribution >= 4 is 49.0 Å². The molecule has 174 valence electrons. The maximum absolute atomic E-state index is 13.4. The summed E-state index contributed by atoms with van der Waals surface area (Å²) >= 11 is 1.07. The number of fused-ring (bicyclic) bond motifs is 1. The number of sulfonamides is 1. The molecule has 33 heavy (non-hydrogen) atoms. The number of hydrogen-bond donors (Lipinski definition) is 1. The van der Waals surface area contributed by atoms with Crippen LogP contribution >= 0.6 is 11.3 Å². The van der Waals surface area contributed by atoms with Gasteiger partial charge >= 0.3 is 5.97 Å². The second-order valence-corrected chi connectivity index (χ2v) is 10.4. The lowest BCUT2D eigenvalue weighted by Crippen LogP contribution is -2.40. The molecule has 3 aromatic rings. The Kier molecular flexibility index (Phi) is 6.75. The highest BCUT2D eigenvalue weighted by Crippen LogP contribution is 2.27. The van der Waals surface area contributed by atoms with E-state index in [0.717, 1.165) is 11.3 Å². The summed E-state index contributed by atoms with van der Waals surface area (Å²) in [6.07, 6.45) is -1.14. The molecule has 2 heterocycles. The first-order chi connectivity index (χ1) is 15.7. The van der Waals surface area contributed by atoms with Crippen LogP contribution in [0.2, 0.25) is 0 Å². The van der Waals surface area contributed by atoms with Gasteiger partial charge in [-0.25, -0.2) is 17.6 Å². The Labute approximate surface area is 194 Å². The summed E-state index contributed by atoms with van der Waals surface area (Å²) < 4.78 is 51.4. The van der Waals surface area contributed by atoms with Gasteiger partial charge in [0.05, 0.1) is 18.1 Å². The van der Waals surface area contributed by atoms with Gasteiger partial charge in [-0.2, -0.15) is 4.31 Å². The molecule has 1 atom stereocenters. The normalized spacial score (nSPS) is 15.8. The van der Waals surface area contributed by atoms with Gasteiger partial charge in [-0.15, -0.1) is 11.3 Å². The number of thiophene rings is 1. The molecule has 0 saturated carbocycles. The second kappa shape index (κ2) is 9.56. The summed E-state index contributed by atoms with van der Waals surface area (Å²) in [7, 11) is -3.72. The average Bonchev–Trinajstić information content (AvgIpc) is 3.23. The Bertz CT molecular complexity index is 1300. The molecule has 1 saturated heterocycles. The van der Waals surface area contributed by atoms with E-state index >= 15 is 0 Å². The third-order valence-electron chi connectivity index (χ3n) is 5.05. The number of hydrogen-bond acceptors (Lipinski definition) is 7. The lowest BCUT2D eigenvalue weighted by molar-refractivity contribution is -0.123. The van der Waals surface area contributed by atoms with Crippen molar-refractivity contribution in [2.45, 2.75) is 17.9 Å². The summed E-state index contributed by atoms with van der Waals surface area (Å²) in [4.78, 5) is 25.3. The number of carbonyl (C=O) groups is 2. The molecule has 11 heteroatoms. The van der Waals surface area contributed by atoms with E-state index in [2.05, 4.69) is 5.32 Å². The Morgan fingerprint density at radius 2 is 1.91 bits per heavy atom. The van der Waals surface area contributed by atoms with Crippen molar-refractivity contribution in [2.75, 3.05) is 31.6 Å². The van der Waals surface area contributed by atoms with Crippen molar-refractivity contribution in [2.24, 2.45) is 0 Å². The summed E-state index contributed by atoms with van der Waals surface area (Å²) in [5.41, 5.74) is 0.259. The molecule has 1 amide bonds. The monoisotopic (exact) mass is 492 g/mol. The molecule has 1 aliphatic rings. The number of halogens is 1. The van der Waals surface area contributed by atoms with Gasteiger partial charge in [0.15, 0.2) is 6.10 Å². The number of nitrogens with one attached hydrogen (secondary N) is 1. The molecule has 0 radical (unpaired) electrons. The van der Waals surface area contributed by atoms with Crippen LogP contribution in [-0.2, 0) is 24.3 Å². The number of benzene rings is 2. The molecule has 1 fully saturated rings. The molecule has 1 N–H and O–H groups in total. The largest absolute Gasteiger partial charge is 0.448 e. The lowest BCUT2D eigenvalue weighted by Gasteiger charge is -2.26. The van der Waals surface area contributed by atoms with Crippen molar-refractivity contribution < 1.29 is 31.9 Å². The fourth-order valence-corrected chi connectivity index (χ4v) is 5.72. The van der Waals surface area contributed by atoms with Crippen LogP contribution in [0.25, 0.3) is 10.1 Å². The first-order valence-corrected chi connectivity index (χ1v) is 12.4. The highest BCUT2D eigenvalue weighted by Gasteiger charge is 2.27. The predicted octanol–water partition coefficient (Wildman–Crippen LogP) is 3.25. The van der Waals surface area contributed by atoms with E-state index in [0.29, 0.717) is 23.3 Å². The highest BCUT2D eigenvalue weighted by atomic mass is 32.2. The Hall–Kier alpha value is -2.86. The first kappa shape index (κ1) is 23.3. The maximum Gasteiger partial charge on any atom is 0.349 e. The standard InChI is InChI=1S/C22H21FN2O6S2/c1-14(31-22(27)20-11-15-5-6-16(23)12-19(15)32-20)21(26)24-17-3-2-4-18(13-17)33(28,29)25-7-9-30-10-8-25/h2-6,11-14H,7-10H2,1H3,(H,24,26)/t14-/m1/s1. The quantitative estimate of drug-likeness (QED) is 0.530. The molecule has 4 rings (SSSR count). The zero-order valence-corrected chi connectivity index (χ0v) is 19.2. The van der Waals surface area contributed by atoms with E-state index < -0.39 is 33.8 Å². The van der Waals surface area contributed by atoms with Gasteiger partial charge in [-0.3, -0.25) is 4.79 Å². The Morgan fingerprint density at radius 1 is 1.15 bits per heavy atom. The van der Waals surface area contributed by atoms with Crippen LogP contribution in [0, 0.1) is 5.82 Å². The van der Waals surface area contributed by atoms with Crippen LogP contribution in [0.15, 0.2) is 53.4 Å². The molecular weight excluding hydrogens is 471 g/mol. The van der Waals surface area contributed by atoms with Crippen LogP contribution in [0.5, 0.6) is 0 Å². The minimum atomic E-state index is -3.72. The first-order valence-electron chi connectivity index (χ1n) is 10.1. The minimum Gasteiger partial charge on any atom is -0.448 e. The Morgan fingerprint density at radius 3 is 2.67 bits per heavy atom. The van der Waals surface area contributed by atoms with Crippen LogP contribution in [-0.4, -0.2) is 57.0 Å². The van der Waals surface area contributed by atoms with Crippen LogP contribution < -0.4 is 5.32 Å². The average molecular weight is 493 g/mol. The third kappa shape index (κ3) is 5.22. The number of nitrogens with zero attached hydrogens (tertiary/aromatic N) is 1. The van der Waals surface area contributed by atoms with Gasteiger partial charge in [0, 0.05) is 23.5 Å². The molecule has 0 spiro atoms. The van der Waals surface area contributed by atoms with Crippen LogP contribution in [0.3, 0.4) is 0 Å². The summed E-state index contributed by atoms with van der Waals surface area (Å²) in [6.45, 7) is 2.58. The fourth-order valence-electron chi connectivity index (χ4n) is 3.29. The van der Waals surface area contributed by atoms with Crippen molar-refractivity contribution in [3.8, 4) is 0 Å². The number of anilines is 1. The third-order valence-corrected chi connectivity index (χ3v) is 8.02. The maximum atomic E-state index is 13.4. The highest BCUT2D eigenvalue weighted by molar-refractivity contribution is 7.89. The van der Waals surface area contributed by atoms with Gasteiger partial charge < -0.3 is 14.8 Å². The van der Waals surface area contributed by atoms with E-state index in [9.17, 15) is 22.4 Å². The van der Waals surface area contributed by atoms with Gasteiger partial charge in [0.1, 0.15) is 10.7 Å². The second-order valence-electron chi connectivity index (χ2n) is 7.37. The number of rotatable bonds is 6. The van der Waals surface area contributed by atoms with Gasteiger partial charge in [-0.05, 0) is 48.7 Å². The molecule has 1 aromatic heterocycles. The van der Waals surface area contributed by atoms with Crippen molar-refractivity contribution in [3.05, 3.63) is 59.2 Å². The number of amides is 1. The summed E-state index contributed by atoms with van der Waals surface area (Å²) in [6, 6.07) is 11.6. The molecule has 0 bridgehead atoms. The van der Waals surface area contributed by atoms with Gasteiger partial charge in [0.2, 0.25) is 10.0 Å². The molecule has 0 unspecified atom stereocenters. The minimum absolute atomic E-state index is 0.0457. The van der Waals surface area contributed by atoms with E-state index in [-0.39, 0.29) is 28.5 Å². The topological polar surface area (TPSA) is 102 Å². The van der Waals surface area contributed by atoms with E-state index in [1.807, 2.05) is 0 Å². The predicted molar refractivity (Wildman–Crippen MR) is 121 cm³/mol. The van der Waals surface area contributed by atoms with Gasteiger partial charge in [-0.1, -0.05) is 12.1 Å². The molecule has 2 aromatic carbocycles. The van der Waals surface area contributed by atoms with E-state index in [1.54, 1.807) is 18.2 Å². The molecular formula is C22H21FN2O6S2. The number of ether oxygens (including phenoxy) is 2. The van der Waals surface area contributed by atoms with Crippen molar-refractivity contribution in [3.63, 3.8) is 0 Å². The summed E-state index contributed by atoms with van der Waals surface area (Å²) in [5.74, 6) is -1.73. The molecule has 8 nitrogen and oxygen atoms in total. The number of morpholine rings is 1. The van der Waals surface area contributed by atoms with E-state index in [1.165, 1.54) is 41.6 Å². The number of esters is 1. The Balaban J connectivity index is 1.42. The van der Waals surface area contributed by atoms with Crippen LogP contribution in [0.1, 0.15) is 16.6 Å². The van der Waals surface area contributed by atoms with Crippen LogP contribution in [0.4, 0.5) is 10.1 Å². The van der Waals surface area contributed by atoms with Gasteiger partial charge in [0.25, 0.3) is 5.91 Å². The molecule has 0 aliphatic carbocycles. The van der Waals surface area contributed by atoms with Crippen molar-refractivity contribution in [1.29, 1.82) is 0 Å². The number of carbonyl (C=O) groups excluding carboxylic acids is 2. The molecule has 1 aliphatic heterocycles. The van der Waals surface area contributed by atoms with Crippen molar-refractivity contribution in [1.82, 2.24) is 4.31 Å². The lowest BCUT2D eigenvalue weighted by atomic mass is 10.2.